The zero-order chi connectivity index (χ0) is 20.1. The van der Waals surface area contributed by atoms with Gasteiger partial charge in [0.05, 0.1) is 28.5 Å². The standard InChI is InChI=1S/C21H20N4O3S/c1-10(2)28-16-7-14-12(8-22-14)5-15(16)25-19-18-13-4-3-11(21(26)27)6-17(13)29-20(18)24-9-23-19/h5,7-11H,3-4,6H2,1-2H3,(H,26,27)(H,23,24,25). The van der Waals surface area contributed by atoms with Crippen LogP contribution in [0, 0.1) is 5.92 Å². The normalized spacial score (nSPS) is 17.0. The van der Waals surface area contributed by atoms with Gasteiger partial charge in [0, 0.05) is 22.4 Å². The number of carboxylic acid groups (broad SMARTS) is 1. The Labute approximate surface area is 170 Å². The lowest BCUT2D eigenvalue weighted by atomic mass is 9.88. The number of anilines is 2. The highest BCUT2D eigenvalue weighted by molar-refractivity contribution is 7.19. The zero-order valence-electron chi connectivity index (χ0n) is 16.1. The van der Waals surface area contributed by atoms with Gasteiger partial charge in [-0.15, -0.1) is 11.3 Å². The summed E-state index contributed by atoms with van der Waals surface area (Å²) < 4.78 is 5.99. The Morgan fingerprint density at radius 3 is 2.93 bits per heavy atom. The number of hydrogen-bond acceptors (Lipinski definition) is 7. The van der Waals surface area contributed by atoms with Gasteiger partial charge in [0.2, 0.25) is 0 Å². The van der Waals surface area contributed by atoms with E-state index in [0.717, 1.165) is 49.3 Å². The summed E-state index contributed by atoms with van der Waals surface area (Å²) in [4.78, 5) is 26.6. The summed E-state index contributed by atoms with van der Waals surface area (Å²) in [6, 6.07) is 3.96. The molecule has 0 spiro atoms. The van der Waals surface area contributed by atoms with E-state index < -0.39 is 5.97 Å². The molecule has 0 bridgehead atoms. The van der Waals surface area contributed by atoms with Crippen molar-refractivity contribution in [3.63, 3.8) is 0 Å². The number of nitrogens with one attached hydrogen (secondary N) is 1. The maximum Gasteiger partial charge on any atom is 0.306 e. The number of carboxylic acids is 1. The predicted molar refractivity (Wildman–Crippen MR) is 111 cm³/mol. The molecule has 0 amide bonds. The molecule has 0 fully saturated rings. The molecule has 3 aromatic rings. The van der Waals surface area contributed by atoms with Crippen molar-refractivity contribution in [3.8, 4) is 5.75 Å². The van der Waals surface area contributed by atoms with Gasteiger partial charge >= 0.3 is 5.97 Å². The minimum Gasteiger partial charge on any atom is -0.489 e. The van der Waals surface area contributed by atoms with Gasteiger partial charge < -0.3 is 15.2 Å². The number of aryl methyl sites for hydroxylation is 1. The first-order valence-electron chi connectivity index (χ1n) is 9.63. The summed E-state index contributed by atoms with van der Waals surface area (Å²) in [5.74, 6) is 0.415. The van der Waals surface area contributed by atoms with Crippen LogP contribution in [0.4, 0.5) is 11.5 Å². The Bertz CT molecular complexity index is 1270. The monoisotopic (exact) mass is 408 g/mol. The van der Waals surface area contributed by atoms with Crippen LogP contribution in [-0.4, -0.2) is 27.1 Å². The molecular formula is C21H20N4O3S. The van der Waals surface area contributed by atoms with Gasteiger partial charge in [-0.3, -0.25) is 9.79 Å². The number of nitrogens with zero attached hydrogens (tertiary/aromatic N) is 3. The molecule has 3 heterocycles. The van der Waals surface area contributed by atoms with Gasteiger partial charge in [0.15, 0.2) is 0 Å². The average Bonchev–Trinajstić information content (AvgIpc) is 3.04. The van der Waals surface area contributed by atoms with E-state index in [-0.39, 0.29) is 12.0 Å². The molecule has 8 heteroatoms. The van der Waals surface area contributed by atoms with Crippen LogP contribution in [0.5, 0.6) is 5.75 Å². The molecule has 148 valence electrons. The number of aliphatic carboxylic acids is 1. The van der Waals surface area contributed by atoms with Crippen molar-refractivity contribution in [2.75, 3.05) is 5.32 Å². The first-order valence-corrected chi connectivity index (χ1v) is 10.4. The summed E-state index contributed by atoms with van der Waals surface area (Å²) in [6.45, 7) is 3.98. The largest absolute Gasteiger partial charge is 0.489 e. The third-order valence-electron chi connectivity index (χ3n) is 5.28. The molecular weight excluding hydrogens is 388 g/mol. The van der Waals surface area contributed by atoms with Crippen molar-refractivity contribution in [2.45, 2.75) is 39.2 Å². The third kappa shape index (κ3) is 3.13. The third-order valence-corrected chi connectivity index (χ3v) is 6.44. The molecule has 0 saturated heterocycles. The molecule has 0 saturated carbocycles. The lowest BCUT2D eigenvalue weighted by Gasteiger charge is -2.19. The first-order chi connectivity index (χ1) is 14.0. The Hall–Kier alpha value is -3.00. The maximum atomic E-state index is 11.4. The number of thiophene rings is 1. The van der Waals surface area contributed by atoms with Crippen molar-refractivity contribution in [3.05, 3.63) is 39.5 Å². The Kier molecular flexibility index (Phi) is 4.24. The van der Waals surface area contributed by atoms with Gasteiger partial charge in [-0.05, 0) is 44.7 Å². The van der Waals surface area contributed by atoms with Crippen LogP contribution in [0.1, 0.15) is 30.7 Å². The molecule has 2 N–H and O–H groups in total. The van der Waals surface area contributed by atoms with Crippen molar-refractivity contribution in [1.82, 2.24) is 9.97 Å². The van der Waals surface area contributed by atoms with Crippen LogP contribution >= 0.6 is 11.3 Å². The van der Waals surface area contributed by atoms with Crippen LogP contribution in [0.25, 0.3) is 16.4 Å². The fraction of sp³-hybridized carbons (Fsp3) is 0.333. The van der Waals surface area contributed by atoms with Crippen molar-refractivity contribution >= 4 is 45.2 Å². The number of carbonyl (C=O) groups is 1. The molecule has 1 unspecified atom stereocenters. The second-order valence-electron chi connectivity index (χ2n) is 7.64. The Morgan fingerprint density at radius 2 is 2.21 bits per heavy atom. The fourth-order valence-electron chi connectivity index (χ4n) is 3.87. The zero-order valence-corrected chi connectivity index (χ0v) is 16.9. The quantitative estimate of drug-likeness (QED) is 0.674. The second-order valence-corrected chi connectivity index (χ2v) is 8.72. The number of fused-ring (bicyclic) bond motifs is 4. The van der Waals surface area contributed by atoms with Crippen molar-refractivity contribution in [1.29, 1.82) is 0 Å². The van der Waals surface area contributed by atoms with Crippen LogP contribution in [0.15, 0.2) is 23.5 Å². The van der Waals surface area contributed by atoms with E-state index in [2.05, 4.69) is 20.3 Å². The van der Waals surface area contributed by atoms with Crippen molar-refractivity contribution < 1.29 is 14.6 Å². The molecule has 2 aliphatic rings. The van der Waals surface area contributed by atoms with Gasteiger partial charge in [-0.25, -0.2) is 9.97 Å². The van der Waals surface area contributed by atoms with Crippen LogP contribution in [0.2, 0.25) is 0 Å². The molecule has 0 radical (unpaired) electrons. The smallest absolute Gasteiger partial charge is 0.306 e. The van der Waals surface area contributed by atoms with E-state index in [9.17, 15) is 9.90 Å². The van der Waals surface area contributed by atoms with Gasteiger partial charge in [0.25, 0.3) is 0 Å². The summed E-state index contributed by atoms with van der Waals surface area (Å²) in [7, 11) is 0. The topological polar surface area (TPSA) is 96.7 Å². The summed E-state index contributed by atoms with van der Waals surface area (Å²) >= 11 is 1.57. The summed E-state index contributed by atoms with van der Waals surface area (Å²) in [6.07, 6.45) is 5.33. The molecule has 5 rings (SSSR count). The molecule has 1 aliphatic heterocycles. The lowest BCUT2D eigenvalue weighted by Crippen LogP contribution is -2.31. The highest BCUT2D eigenvalue weighted by Gasteiger charge is 2.29. The number of benzene rings is 1. The minimum atomic E-state index is -0.725. The SMILES string of the molecule is CC(C)Oc1cc2c(cc1Nc1ncnc3sc4c(c13)CCC(C(=O)O)C4)=CN=2. The summed E-state index contributed by atoms with van der Waals surface area (Å²) in [5, 5.41) is 15.8. The number of hydrogen-bond donors (Lipinski definition) is 2. The Morgan fingerprint density at radius 1 is 1.34 bits per heavy atom. The lowest BCUT2D eigenvalue weighted by molar-refractivity contribution is -0.142. The number of ether oxygens (including phenoxy) is 1. The van der Waals surface area contributed by atoms with Crippen molar-refractivity contribution in [2.24, 2.45) is 10.9 Å². The average molecular weight is 408 g/mol. The fourth-order valence-corrected chi connectivity index (χ4v) is 5.13. The first kappa shape index (κ1) is 18.1. The molecule has 1 atom stereocenters. The van der Waals surface area contributed by atoms with E-state index >= 15 is 0 Å². The van der Waals surface area contributed by atoms with E-state index in [4.69, 9.17) is 4.74 Å². The molecule has 29 heavy (non-hydrogen) atoms. The summed E-state index contributed by atoms with van der Waals surface area (Å²) in [5.41, 5.74) is 2.00. The van der Waals surface area contributed by atoms with Gasteiger partial charge in [-0.1, -0.05) is 0 Å². The van der Waals surface area contributed by atoms with E-state index in [1.807, 2.05) is 32.2 Å². The molecule has 1 aromatic carbocycles. The number of rotatable bonds is 5. The maximum absolute atomic E-state index is 11.4. The van der Waals surface area contributed by atoms with Crippen LogP contribution < -0.4 is 20.6 Å². The molecule has 1 aliphatic carbocycles. The van der Waals surface area contributed by atoms with E-state index in [1.165, 1.54) is 5.56 Å². The molecule has 2 aromatic heterocycles. The van der Waals surface area contributed by atoms with Gasteiger partial charge in [-0.2, -0.15) is 0 Å². The van der Waals surface area contributed by atoms with Crippen LogP contribution in [0.3, 0.4) is 0 Å². The van der Waals surface area contributed by atoms with Crippen LogP contribution in [-0.2, 0) is 17.6 Å². The van der Waals surface area contributed by atoms with E-state index in [1.54, 1.807) is 17.7 Å². The van der Waals surface area contributed by atoms with Gasteiger partial charge in [0.1, 0.15) is 22.7 Å². The molecule has 7 nitrogen and oxygen atoms in total. The minimum absolute atomic E-state index is 0.0323. The number of aromatic nitrogens is 2. The highest BCUT2D eigenvalue weighted by Crippen LogP contribution is 2.41. The predicted octanol–water partition coefficient (Wildman–Crippen LogP) is 2.78. The van der Waals surface area contributed by atoms with E-state index in [0.29, 0.717) is 12.8 Å². The Balaban J connectivity index is 1.58. The second kappa shape index (κ2) is 6.81. The highest BCUT2D eigenvalue weighted by atomic mass is 32.1.